The van der Waals surface area contributed by atoms with E-state index in [2.05, 4.69) is 0 Å². The minimum Gasteiger partial charge on any atom is -0.496 e. The van der Waals surface area contributed by atoms with E-state index in [-0.39, 0.29) is 30.5 Å². The van der Waals surface area contributed by atoms with Crippen molar-refractivity contribution in [2.45, 2.75) is 25.2 Å². The molecule has 0 aliphatic carbocycles. The van der Waals surface area contributed by atoms with Gasteiger partial charge in [-0.15, -0.1) is 0 Å². The van der Waals surface area contributed by atoms with Gasteiger partial charge in [0.1, 0.15) is 5.75 Å². The highest BCUT2D eigenvalue weighted by atomic mass is 32.2. The van der Waals surface area contributed by atoms with Crippen LogP contribution in [0, 0.1) is 25.2 Å². The Morgan fingerprint density at radius 1 is 1.36 bits per heavy atom. The van der Waals surface area contributed by atoms with Crippen molar-refractivity contribution >= 4 is 16.0 Å². The van der Waals surface area contributed by atoms with Crippen molar-refractivity contribution in [3.63, 3.8) is 0 Å². The van der Waals surface area contributed by atoms with Crippen molar-refractivity contribution < 1.29 is 27.8 Å². The molecule has 1 aromatic carbocycles. The molecule has 0 bridgehead atoms. The van der Waals surface area contributed by atoms with Gasteiger partial charge in [0.2, 0.25) is 10.0 Å². The van der Waals surface area contributed by atoms with Crippen LogP contribution in [-0.2, 0) is 19.6 Å². The molecule has 0 saturated carbocycles. The lowest BCUT2D eigenvalue weighted by Crippen LogP contribution is -2.45. The van der Waals surface area contributed by atoms with Crippen LogP contribution in [0.2, 0.25) is 0 Å². The molecule has 0 amide bonds. The van der Waals surface area contributed by atoms with Gasteiger partial charge in [-0.1, -0.05) is 6.07 Å². The molecule has 2 atom stereocenters. The number of sulfonamides is 1. The molecule has 138 valence electrons. The van der Waals surface area contributed by atoms with Crippen LogP contribution >= 0.6 is 0 Å². The van der Waals surface area contributed by atoms with E-state index in [0.29, 0.717) is 24.3 Å². The second-order valence-corrected chi connectivity index (χ2v) is 8.77. The highest BCUT2D eigenvalue weighted by molar-refractivity contribution is 7.89. The third kappa shape index (κ3) is 2.82. The van der Waals surface area contributed by atoms with E-state index in [1.165, 1.54) is 17.5 Å². The maximum absolute atomic E-state index is 13.2. The number of carboxylic acids is 1. The molecule has 1 aromatic rings. The largest absolute Gasteiger partial charge is 0.496 e. The molecule has 2 fully saturated rings. The molecule has 2 aliphatic rings. The topological polar surface area (TPSA) is 93.1 Å². The number of rotatable bonds is 4. The van der Waals surface area contributed by atoms with E-state index in [9.17, 15) is 18.3 Å². The first kappa shape index (κ1) is 18.2. The number of hydrogen-bond acceptors (Lipinski definition) is 5. The predicted octanol–water partition coefficient (Wildman–Crippen LogP) is 1.42. The number of fused-ring (bicyclic) bond motifs is 1. The lowest BCUT2D eigenvalue weighted by Gasteiger charge is -2.34. The smallest absolute Gasteiger partial charge is 0.311 e. The summed E-state index contributed by atoms with van der Waals surface area (Å²) >= 11 is 0. The number of ether oxygens (including phenoxy) is 2. The third-order valence-corrected chi connectivity index (χ3v) is 7.37. The van der Waals surface area contributed by atoms with Crippen LogP contribution in [0.1, 0.15) is 17.5 Å². The van der Waals surface area contributed by atoms with Gasteiger partial charge in [0.25, 0.3) is 0 Å². The van der Waals surface area contributed by atoms with Gasteiger partial charge < -0.3 is 14.6 Å². The number of benzene rings is 1. The molecule has 0 radical (unpaired) electrons. The summed E-state index contributed by atoms with van der Waals surface area (Å²) in [5, 5.41) is 9.73. The number of aryl methyl sites for hydroxylation is 2. The Bertz CT molecular complexity index is 806. The van der Waals surface area contributed by atoms with Crippen molar-refractivity contribution in [2.24, 2.45) is 11.3 Å². The fourth-order valence-electron chi connectivity index (χ4n) is 3.89. The first-order valence-electron chi connectivity index (χ1n) is 8.19. The van der Waals surface area contributed by atoms with Gasteiger partial charge in [0, 0.05) is 31.7 Å². The molecule has 7 nitrogen and oxygen atoms in total. The summed E-state index contributed by atoms with van der Waals surface area (Å²) in [5.41, 5.74) is 0.409. The Hall–Kier alpha value is -1.64. The summed E-state index contributed by atoms with van der Waals surface area (Å²) in [4.78, 5) is 12.0. The number of methoxy groups -OCH3 is 1. The molecule has 2 aliphatic heterocycles. The minimum atomic E-state index is -3.81. The highest BCUT2D eigenvalue weighted by Gasteiger charge is 2.56. The van der Waals surface area contributed by atoms with Gasteiger partial charge in [0.15, 0.2) is 0 Å². The van der Waals surface area contributed by atoms with Crippen molar-refractivity contribution in [2.75, 3.05) is 33.4 Å². The van der Waals surface area contributed by atoms with Crippen LogP contribution in [0.25, 0.3) is 0 Å². The van der Waals surface area contributed by atoms with Crippen LogP contribution in [-0.4, -0.2) is 57.2 Å². The van der Waals surface area contributed by atoms with Gasteiger partial charge in [-0.2, -0.15) is 4.31 Å². The Morgan fingerprint density at radius 2 is 2.08 bits per heavy atom. The normalized spacial score (nSPS) is 27.1. The fourth-order valence-corrected chi connectivity index (χ4v) is 5.66. The molecule has 2 saturated heterocycles. The summed E-state index contributed by atoms with van der Waals surface area (Å²) in [7, 11) is -2.32. The molecule has 2 heterocycles. The minimum absolute atomic E-state index is 0.0195. The van der Waals surface area contributed by atoms with Gasteiger partial charge in [-0.3, -0.25) is 4.79 Å². The Morgan fingerprint density at radius 3 is 2.68 bits per heavy atom. The van der Waals surface area contributed by atoms with Gasteiger partial charge in [-0.25, -0.2) is 8.42 Å². The van der Waals surface area contributed by atoms with E-state index in [0.717, 1.165) is 5.56 Å². The van der Waals surface area contributed by atoms with Crippen molar-refractivity contribution in [3.05, 3.63) is 23.3 Å². The SMILES string of the molecule is COc1cc(S(=O)(=O)N2C[C@@H]3COCC[C@]3(C(=O)O)C2)c(C)cc1C. The second kappa shape index (κ2) is 6.26. The van der Waals surface area contributed by atoms with Crippen molar-refractivity contribution in [1.29, 1.82) is 0 Å². The summed E-state index contributed by atoms with van der Waals surface area (Å²) in [6.45, 7) is 4.34. The molecular weight excluding hydrogens is 346 g/mol. The van der Waals surface area contributed by atoms with E-state index >= 15 is 0 Å². The number of nitrogens with zero attached hydrogens (tertiary/aromatic N) is 1. The summed E-state index contributed by atoms with van der Waals surface area (Å²) in [6.07, 6.45) is 0.329. The lowest BCUT2D eigenvalue weighted by molar-refractivity contribution is -0.157. The highest BCUT2D eigenvalue weighted by Crippen LogP contribution is 2.44. The fraction of sp³-hybridized carbons (Fsp3) is 0.588. The maximum atomic E-state index is 13.2. The van der Waals surface area contributed by atoms with Crippen molar-refractivity contribution in [3.8, 4) is 5.75 Å². The first-order chi connectivity index (χ1) is 11.7. The quantitative estimate of drug-likeness (QED) is 0.863. The zero-order valence-electron chi connectivity index (χ0n) is 14.6. The Labute approximate surface area is 147 Å². The number of carbonyl (C=O) groups is 1. The molecule has 0 spiro atoms. The van der Waals surface area contributed by atoms with E-state index in [1.807, 2.05) is 6.92 Å². The van der Waals surface area contributed by atoms with Crippen LogP contribution in [0.3, 0.4) is 0 Å². The summed E-state index contributed by atoms with van der Waals surface area (Å²) < 4.78 is 38.3. The molecule has 8 heteroatoms. The van der Waals surface area contributed by atoms with Crippen LogP contribution in [0.4, 0.5) is 0 Å². The Kier molecular flexibility index (Phi) is 4.55. The van der Waals surface area contributed by atoms with Crippen LogP contribution in [0.15, 0.2) is 17.0 Å². The van der Waals surface area contributed by atoms with Crippen LogP contribution in [0.5, 0.6) is 5.75 Å². The zero-order valence-corrected chi connectivity index (χ0v) is 15.4. The monoisotopic (exact) mass is 369 g/mol. The first-order valence-corrected chi connectivity index (χ1v) is 9.63. The third-order valence-electron chi connectivity index (χ3n) is 5.41. The number of hydrogen-bond donors (Lipinski definition) is 1. The molecule has 0 aromatic heterocycles. The molecule has 3 rings (SSSR count). The standard InChI is InChI=1S/C17H23NO6S/c1-11-6-12(2)15(7-14(11)23-3)25(21,22)18-8-13-9-24-5-4-17(13,10-18)16(19)20/h6-7,13H,4-5,8-10H2,1-3H3,(H,19,20)/t13-,17+/m1/s1. The molecular formula is C17H23NO6S. The Balaban J connectivity index is 2.01. The number of aliphatic carboxylic acids is 1. The van der Waals surface area contributed by atoms with Gasteiger partial charge in [-0.05, 0) is 31.4 Å². The zero-order chi connectivity index (χ0) is 18.4. The van der Waals surface area contributed by atoms with E-state index < -0.39 is 21.4 Å². The van der Waals surface area contributed by atoms with E-state index in [1.54, 1.807) is 13.0 Å². The summed E-state index contributed by atoms with van der Waals surface area (Å²) in [6, 6.07) is 3.29. The lowest BCUT2D eigenvalue weighted by atomic mass is 9.74. The van der Waals surface area contributed by atoms with Gasteiger partial charge in [0.05, 0.1) is 24.0 Å². The van der Waals surface area contributed by atoms with E-state index in [4.69, 9.17) is 9.47 Å². The average Bonchev–Trinajstić information content (AvgIpc) is 2.96. The maximum Gasteiger partial charge on any atom is 0.311 e. The summed E-state index contributed by atoms with van der Waals surface area (Å²) in [5.74, 6) is -0.782. The van der Waals surface area contributed by atoms with Crippen LogP contribution < -0.4 is 4.74 Å². The molecule has 0 unspecified atom stereocenters. The second-order valence-electron chi connectivity index (χ2n) is 6.87. The van der Waals surface area contributed by atoms with Gasteiger partial charge >= 0.3 is 5.97 Å². The molecule has 1 N–H and O–H groups in total. The average molecular weight is 369 g/mol. The van der Waals surface area contributed by atoms with Crippen molar-refractivity contribution in [1.82, 2.24) is 4.31 Å². The number of carboxylic acid groups (broad SMARTS) is 1. The molecule has 25 heavy (non-hydrogen) atoms. The predicted molar refractivity (Wildman–Crippen MR) is 90.2 cm³/mol.